The van der Waals surface area contributed by atoms with Crippen LogP contribution in [0.2, 0.25) is 0 Å². The Morgan fingerprint density at radius 3 is 2.63 bits per heavy atom. The van der Waals surface area contributed by atoms with Crippen molar-refractivity contribution in [2.24, 2.45) is 17.4 Å². The van der Waals surface area contributed by atoms with Crippen LogP contribution in [-0.4, -0.2) is 20.9 Å². The van der Waals surface area contributed by atoms with Crippen LogP contribution in [0.25, 0.3) is 0 Å². The molecule has 2 fully saturated rings. The van der Waals surface area contributed by atoms with Gasteiger partial charge in [-0.05, 0) is 31.6 Å². The number of hydrogen-bond donors (Lipinski definition) is 2. The molecule has 0 aliphatic heterocycles. The van der Waals surface area contributed by atoms with Gasteiger partial charge in [0.25, 0.3) is 0 Å². The van der Waals surface area contributed by atoms with Crippen molar-refractivity contribution in [2.75, 3.05) is 0 Å². The van der Waals surface area contributed by atoms with Crippen molar-refractivity contribution >= 4 is 5.91 Å². The molecule has 0 aromatic carbocycles. The van der Waals surface area contributed by atoms with Crippen LogP contribution in [0.5, 0.6) is 0 Å². The molecule has 0 radical (unpaired) electrons. The molecule has 6 nitrogen and oxygen atoms in total. The van der Waals surface area contributed by atoms with E-state index in [0.29, 0.717) is 5.92 Å². The van der Waals surface area contributed by atoms with Crippen molar-refractivity contribution < 1.29 is 4.79 Å². The van der Waals surface area contributed by atoms with Crippen LogP contribution in [0.3, 0.4) is 0 Å². The molecule has 4 N–H and O–H groups in total. The number of carbonyl (C=O) groups is 1. The minimum atomic E-state index is -0.627. The van der Waals surface area contributed by atoms with E-state index in [0.717, 1.165) is 31.4 Å². The molecule has 0 spiro atoms. The number of hydrogen-bond acceptors (Lipinski definition) is 4. The van der Waals surface area contributed by atoms with Crippen molar-refractivity contribution in [1.29, 1.82) is 0 Å². The zero-order chi connectivity index (χ0) is 13.5. The summed E-state index contributed by atoms with van der Waals surface area (Å²) in [5.41, 5.74) is 11.9. The topological polar surface area (TPSA) is 99.8 Å². The maximum atomic E-state index is 11.5. The number of carbonyl (C=O) groups excluding carboxylic acids is 1. The van der Waals surface area contributed by atoms with Gasteiger partial charge in [0.2, 0.25) is 5.91 Å². The number of amides is 1. The van der Waals surface area contributed by atoms with E-state index in [1.165, 1.54) is 19.3 Å². The van der Waals surface area contributed by atoms with E-state index >= 15 is 0 Å². The highest BCUT2D eigenvalue weighted by atomic mass is 16.2. The SMILES string of the molecule is NC(=O)C1(n2cc([C@@H](N)C3CCCCC3)nn2)CC1. The Labute approximate surface area is 112 Å². The first-order valence-electron chi connectivity index (χ1n) is 7.12. The van der Waals surface area contributed by atoms with Crippen LogP contribution in [0.4, 0.5) is 0 Å². The molecule has 0 saturated heterocycles. The average molecular weight is 263 g/mol. The van der Waals surface area contributed by atoms with Gasteiger partial charge in [-0.25, -0.2) is 4.68 Å². The molecule has 19 heavy (non-hydrogen) atoms. The van der Waals surface area contributed by atoms with Crippen molar-refractivity contribution in [3.63, 3.8) is 0 Å². The molecule has 2 aliphatic rings. The molecule has 0 bridgehead atoms. The van der Waals surface area contributed by atoms with Crippen LogP contribution >= 0.6 is 0 Å². The zero-order valence-corrected chi connectivity index (χ0v) is 11.1. The molecule has 2 aliphatic carbocycles. The summed E-state index contributed by atoms with van der Waals surface area (Å²) in [7, 11) is 0. The highest BCUT2D eigenvalue weighted by Crippen LogP contribution is 2.43. The lowest BCUT2D eigenvalue weighted by Crippen LogP contribution is -2.34. The number of aromatic nitrogens is 3. The molecule has 1 heterocycles. The third kappa shape index (κ3) is 2.14. The van der Waals surface area contributed by atoms with E-state index in [1.807, 2.05) is 6.20 Å². The summed E-state index contributed by atoms with van der Waals surface area (Å²) in [5, 5.41) is 8.23. The molecule has 3 rings (SSSR count). The number of primary amides is 1. The minimum Gasteiger partial charge on any atom is -0.368 e. The van der Waals surface area contributed by atoms with Gasteiger partial charge in [-0.3, -0.25) is 4.79 Å². The molecule has 1 atom stereocenters. The predicted octanol–water partition coefficient (Wildman–Crippen LogP) is 0.833. The van der Waals surface area contributed by atoms with Crippen molar-refractivity contribution in [1.82, 2.24) is 15.0 Å². The van der Waals surface area contributed by atoms with Gasteiger partial charge in [-0.1, -0.05) is 24.5 Å². The van der Waals surface area contributed by atoms with Gasteiger partial charge < -0.3 is 11.5 Å². The van der Waals surface area contributed by atoms with E-state index in [-0.39, 0.29) is 11.9 Å². The lowest BCUT2D eigenvalue weighted by atomic mass is 9.83. The Balaban J connectivity index is 1.76. The lowest BCUT2D eigenvalue weighted by molar-refractivity contribution is -0.122. The summed E-state index contributed by atoms with van der Waals surface area (Å²) in [6.45, 7) is 0. The van der Waals surface area contributed by atoms with Gasteiger partial charge in [-0.2, -0.15) is 0 Å². The second-order valence-corrected chi connectivity index (χ2v) is 5.91. The zero-order valence-electron chi connectivity index (χ0n) is 11.1. The highest BCUT2D eigenvalue weighted by molar-refractivity contribution is 5.85. The summed E-state index contributed by atoms with van der Waals surface area (Å²) in [6, 6.07) is -0.0715. The minimum absolute atomic E-state index is 0.0715. The largest absolute Gasteiger partial charge is 0.368 e. The summed E-state index contributed by atoms with van der Waals surface area (Å²) >= 11 is 0. The van der Waals surface area contributed by atoms with Crippen molar-refractivity contribution in [2.45, 2.75) is 56.5 Å². The molecule has 1 amide bonds. The van der Waals surface area contributed by atoms with Gasteiger partial charge in [-0.15, -0.1) is 5.10 Å². The van der Waals surface area contributed by atoms with Gasteiger partial charge in [0.1, 0.15) is 5.54 Å². The molecular formula is C13H21N5O. The van der Waals surface area contributed by atoms with Crippen LogP contribution in [0, 0.1) is 5.92 Å². The van der Waals surface area contributed by atoms with Gasteiger partial charge in [0.05, 0.1) is 17.9 Å². The van der Waals surface area contributed by atoms with E-state index in [4.69, 9.17) is 11.5 Å². The van der Waals surface area contributed by atoms with Gasteiger partial charge in [0.15, 0.2) is 0 Å². The molecule has 1 aromatic rings. The quantitative estimate of drug-likeness (QED) is 0.840. The first-order chi connectivity index (χ1) is 9.13. The fraction of sp³-hybridized carbons (Fsp3) is 0.769. The van der Waals surface area contributed by atoms with E-state index in [2.05, 4.69) is 10.3 Å². The van der Waals surface area contributed by atoms with Crippen LogP contribution in [0.1, 0.15) is 56.7 Å². The summed E-state index contributed by atoms with van der Waals surface area (Å²) in [4.78, 5) is 11.5. The second-order valence-electron chi connectivity index (χ2n) is 5.91. The Morgan fingerprint density at radius 1 is 1.37 bits per heavy atom. The van der Waals surface area contributed by atoms with E-state index in [1.54, 1.807) is 4.68 Å². The highest BCUT2D eigenvalue weighted by Gasteiger charge is 2.52. The molecule has 1 aromatic heterocycles. The summed E-state index contributed by atoms with van der Waals surface area (Å²) in [5.74, 6) is 0.165. The van der Waals surface area contributed by atoms with Gasteiger partial charge in [0, 0.05) is 0 Å². The Kier molecular flexibility index (Phi) is 3.05. The molecule has 6 heteroatoms. The van der Waals surface area contributed by atoms with Crippen LogP contribution in [-0.2, 0) is 10.3 Å². The molecule has 104 valence electrons. The average Bonchev–Trinajstić information content (AvgIpc) is 3.11. The predicted molar refractivity (Wildman–Crippen MR) is 69.9 cm³/mol. The second kappa shape index (κ2) is 4.59. The first-order valence-corrected chi connectivity index (χ1v) is 7.12. The third-order valence-electron chi connectivity index (χ3n) is 4.63. The fourth-order valence-electron chi connectivity index (χ4n) is 3.08. The smallest absolute Gasteiger partial charge is 0.245 e. The van der Waals surface area contributed by atoms with E-state index in [9.17, 15) is 4.79 Å². The molecule has 0 unspecified atom stereocenters. The number of nitrogens with two attached hydrogens (primary N) is 2. The van der Waals surface area contributed by atoms with E-state index < -0.39 is 5.54 Å². The monoisotopic (exact) mass is 263 g/mol. The molecule has 2 saturated carbocycles. The summed E-state index contributed by atoms with van der Waals surface area (Å²) in [6.07, 6.45) is 9.45. The standard InChI is InChI=1S/C13H21N5O/c14-11(9-4-2-1-3-5-9)10-8-18(17-16-10)13(6-7-13)12(15)19/h8-9,11H,1-7,14H2,(H2,15,19)/t11-/m0/s1. The maximum Gasteiger partial charge on any atom is 0.245 e. The first kappa shape index (κ1) is 12.6. The number of rotatable bonds is 4. The summed E-state index contributed by atoms with van der Waals surface area (Å²) < 4.78 is 1.62. The Morgan fingerprint density at radius 2 is 2.05 bits per heavy atom. The van der Waals surface area contributed by atoms with Crippen LogP contribution in [0.15, 0.2) is 6.20 Å². The van der Waals surface area contributed by atoms with Gasteiger partial charge >= 0.3 is 0 Å². The lowest BCUT2D eigenvalue weighted by Gasteiger charge is -2.25. The number of nitrogens with zero attached hydrogens (tertiary/aromatic N) is 3. The Hall–Kier alpha value is -1.43. The van der Waals surface area contributed by atoms with Crippen molar-refractivity contribution in [3.05, 3.63) is 11.9 Å². The Bertz CT molecular complexity index is 473. The van der Waals surface area contributed by atoms with Crippen LogP contribution < -0.4 is 11.5 Å². The third-order valence-corrected chi connectivity index (χ3v) is 4.63. The maximum absolute atomic E-state index is 11.5. The van der Waals surface area contributed by atoms with Crippen molar-refractivity contribution in [3.8, 4) is 0 Å². The normalized spacial score (nSPS) is 24.1. The molecular weight excluding hydrogens is 242 g/mol. The fourth-order valence-corrected chi connectivity index (χ4v) is 3.08.